The van der Waals surface area contributed by atoms with Gasteiger partial charge in [0.25, 0.3) is 0 Å². The van der Waals surface area contributed by atoms with E-state index in [0.29, 0.717) is 30.3 Å². The molecule has 1 unspecified atom stereocenters. The summed E-state index contributed by atoms with van der Waals surface area (Å²) in [5, 5.41) is 0. The van der Waals surface area contributed by atoms with E-state index in [-0.39, 0.29) is 30.6 Å². The molecule has 0 aliphatic carbocycles. The topological polar surface area (TPSA) is 55.8 Å². The van der Waals surface area contributed by atoms with Crippen LogP contribution in [0.3, 0.4) is 0 Å². The van der Waals surface area contributed by atoms with Gasteiger partial charge in [-0.05, 0) is 48.6 Å². The van der Waals surface area contributed by atoms with Gasteiger partial charge in [0.15, 0.2) is 5.78 Å². The maximum atomic E-state index is 12.6. The molecule has 5 heteroatoms. The Hall–Kier alpha value is -2.66. The number of piperidine rings is 1. The van der Waals surface area contributed by atoms with Crippen molar-refractivity contribution in [3.63, 3.8) is 0 Å². The molecule has 2 aromatic rings. The fourth-order valence-electron chi connectivity index (χ4n) is 3.99. The van der Waals surface area contributed by atoms with Crippen LogP contribution in [0.1, 0.15) is 47.7 Å². The number of benzene rings is 2. The number of rotatable bonds is 8. The van der Waals surface area contributed by atoms with Crippen LogP contribution in [0, 0.1) is 5.92 Å². The normalized spacial score (nSPS) is 15.7. The highest BCUT2D eigenvalue weighted by molar-refractivity contribution is 5.98. The van der Waals surface area contributed by atoms with Crippen molar-refractivity contribution in [3.05, 3.63) is 65.7 Å². The first-order valence-electron chi connectivity index (χ1n) is 10.1. The van der Waals surface area contributed by atoms with E-state index in [4.69, 9.17) is 9.47 Å². The van der Waals surface area contributed by atoms with Gasteiger partial charge in [0.1, 0.15) is 5.75 Å². The van der Waals surface area contributed by atoms with Crippen LogP contribution in [0.2, 0.25) is 0 Å². The number of carbonyl (C=O) groups excluding carboxylic acids is 2. The molecule has 0 aromatic heterocycles. The third kappa shape index (κ3) is 5.45. The Morgan fingerprint density at radius 2 is 1.62 bits per heavy atom. The van der Waals surface area contributed by atoms with Gasteiger partial charge in [0, 0.05) is 38.6 Å². The van der Waals surface area contributed by atoms with E-state index >= 15 is 0 Å². The molecule has 154 valence electrons. The number of methoxy groups -OCH3 is 2. The lowest BCUT2D eigenvalue weighted by molar-refractivity contribution is -0.133. The summed E-state index contributed by atoms with van der Waals surface area (Å²) in [6.45, 7) is 1.43. The molecule has 2 aromatic carbocycles. The maximum absolute atomic E-state index is 12.6. The molecule has 1 saturated heterocycles. The lowest BCUT2D eigenvalue weighted by atomic mass is 9.87. The molecule has 0 spiro atoms. The average molecular weight is 395 g/mol. The minimum absolute atomic E-state index is 0.0144. The number of ketones is 1. The zero-order valence-electron chi connectivity index (χ0n) is 17.2. The number of Topliss-reactive ketones (excluding diaryl/α,β-unsaturated/α-hetero) is 1. The average Bonchev–Trinajstić information content (AvgIpc) is 2.79. The smallest absolute Gasteiger partial charge is 0.223 e. The highest BCUT2D eigenvalue weighted by Gasteiger charge is 2.29. The maximum Gasteiger partial charge on any atom is 0.223 e. The molecule has 1 aliphatic heterocycles. The number of hydrogen-bond donors (Lipinski definition) is 0. The largest absolute Gasteiger partial charge is 0.497 e. The highest BCUT2D eigenvalue weighted by atomic mass is 16.5. The second-order valence-electron chi connectivity index (χ2n) is 7.44. The van der Waals surface area contributed by atoms with Crippen LogP contribution in [-0.2, 0) is 9.53 Å². The molecule has 3 rings (SSSR count). The van der Waals surface area contributed by atoms with Crippen molar-refractivity contribution >= 4 is 11.7 Å². The van der Waals surface area contributed by atoms with E-state index in [1.54, 1.807) is 38.5 Å². The Kier molecular flexibility index (Phi) is 7.42. The molecule has 1 fully saturated rings. The molecule has 0 radical (unpaired) electrons. The Morgan fingerprint density at radius 3 is 2.21 bits per heavy atom. The summed E-state index contributed by atoms with van der Waals surface area (Å²) >= 11 is 0. The van der Waals surface area contributed by atoms with Crippen LogP contribution >= 0.6 is 0 Å². The van der Waals surface area contributed by atoms with Crippen molar-refractivity contribution in [2.45, 2.75) is 31.8 Å². The van der Waals surface area contributed by atoms with Gasteiger partial charge in [0.2, 0.25) is 5.91 Å². The first-order chi connectivity index (χ1) is 14.1. The molecule has 0 bridgehead atoms. The molecular formula is C24H29NO4. The summed E-state index contributed by atoms with van der Waals surface area (Å²) in [7, 11) is 3.34. The Bertz CT molecular complexity index is 795. The summed E-state index contributed by atoms with van der Waals surface area (Å²) in [6.07, 6.45) is 2.36. The van der Waals surface area contributed by atoms with Crippen molar-refractivity contribution < 1.29 is 19.1 Å². The Balaban J connectivity index is 1.47. The van der Waals surface area contributed by atoms with E-state index in [2.05, 4.69) is 12.1 Å². The standard InChI is InChI=1S/C24H29NO4/c1-28-21-10-8-18(9-11-21)22(26)12-13-23(27)25-16-14-20(15-17-25)24(29-2)19-6-4-3-5-7-19/h3-11,20,24H,12-17H2,1-2H3. The van der Waals surface area contributed by atoms with E-state index in [9.17, 15) is 9.59 Å². The number of ether oxygens (including phenoxy) is 2. The molecule has 0 saturated carbocycles. The Labute approximate surface area is 172 Å². The molecular weight excluding hydrogens is 366 g/mol. The predicted molar refractivity (Wildman–Crippen MR) is 112 cm³/mol. The minimum atomic E-state index is -0.0144. The zero-order chi connectivity index (χ0) is 20.6. The van der Waals surface area contributed by atoms with Crippen molar-refractivity contribution in [2.75, 3.05) is 27.3 Å². The zero-order valence-corrected chi connectivity index (χ0v) is 17.2. The van der Waals surface area contributed by atoms with Gasteiger partial charge in [-0.2, -0.15) is 0 Å². The summed E-state index contributed by atoms with van der Waals surface area (Å²) in [5.74, 6) is 1.15. The lowest BCUT2D eigenvalue weighted by Gasteiger charge is -2.35. The van der Waals surface area contributed by atoms with Crippen molar-refractivity contribution in [3.8, 4) is 5.75 Å². The summed E-state index contributed by atoms with van der Waals surface area (Å²) in [4.78, 5) is 26.8. The van der Waals surface area contributed by atoms with Crippen LogP contribution in [0.4, 0.5) is 0 Å². The minimum Gasteiger partial charge on any atom is -0.497 e. The molecule has 1 amide bonds. The van der Waals surface area contributed by atoms with Crippen LogP contribution in [0.5, 0.6) is 5.75 Å². The second-order valence-corrected chi connectivity index (χ2v) is 7.44. The Morgan fingerprint density at radius 1 is 0.966 bits per heavy atom. The lowest BCUT2D eigenvalue weighted by Crippen LogP contribution is -2.40. The molecule has 1 aliphatic rings. The molecule has 1 heterocycles. The van der Waals surface area contributed by atoms with E-state index < -0.39 is 0 Å². The SMILES string of the molecule is COc1ccc(C(=O)CCC(=O)N2CCC(C(OC)c3ccccc3)CC2)cc1. The number of nitrogens with zero attached hydrogens (tertiary/aromatic N) is 1. The van der Waals surface area contributed by atoms with Gasteiger partial charge in [0.05, 0.1) is 13.2 Å². The fraction of sp³-hybridized carbons (Fsp3) is 0.417. The molecule has 1 atom stereocenters. The monoisotopic (exact) mass is 395 g/mol. The summed E-state index contributed by atoms with van der Waals surface area (Å²) in [6, 6.07) is 17.3. The van der Waals surface area contributed by atoms with Gasteiger partial charge in [-0.1, -0.05) is 30.3 Å². The number of carbonyl (C=O) groups is 2. The van der Waals surface area contributed by atoms with Crippen LogP contribution in [-0.4, -0.2) is 43.9 Å². The third-order valence-corrected chi connectivity index (χ3v) is 5.68. The van der Waals surface area contributed by atoms with Crippen LogP contribution in [0.25, 0.3) is 0 Å². The number of likely N-dealkylation sites (tertiary alicyclic amines) is 1. The molecule has 29 heavy (non-hydrogen) atoms. The third-order valence-electron chi connectivity index (χ3n) is 5.68. The predicted octanol–water partition coefficient (Wildman–Crippen LogP) is 4.28. The first kappa shape index (κ1) is 21.1. The van der Waals surface area contributed by atoms with Gasteiger partial charge in [-0.3, -0.25) is 9.59 Å². The van der Waals surface area contributed by atoms with Crippen LogP contribution in [0.15, 0.2) is 54.6 Å². The van der Waals surface area contributed by atoms with Gasteiger partial charge in [-0.25, -0.2) is 0 Å². The first-order valence-corrected chi connectivity index (χ1v) is 10.1. The van der Waals surface area contributed by atoms with E-state index in [1.165, 1.54) is 5.56 Å². The summed E-state index contributed by atoms with van der Waals surface area (Å²) in [5.41, 5.74) is 1.80. The van der Waals surface area contributed by atoms with Gasteiger partial charge < -0.3 is 14.4 Å². The quantitative estimate of drug-likeness (QED) is 0.626. The highest BCUT2D eigenvalue weighted by Crippen LogP contribution is 2.33. The van der Waals surface area contributed by atoms with Crippen LogP contribution < -0.4 is 4.74 Å². The van der Waals surface area contributed by atoms with E-state index in [1.807, 2.05) is 23.1 Å². The fourth-order valence-corrected chi connectivity index (χ4v) is 3.99. The van der Waals surface area contributed by atoms with Gasteiger partial charge >= 0.3 is 0 Å². The summed E-state index contributed by atoms with van der Waals surface area (Å²) < 4.78 is 10.9. The molecule has 0 N–H and O–H groups in total. The van der Waals surface area contributed by atoms with Gasteiger partial charge in [-0.15, -0.1) is 0 Å². The van der Waals surface area contributed by atoms with E-state index in [0.717, 1.165) is 12.8 Å². The molecule has 5 nitrogen and oxygen atoms in total. The second kappa shape index (κ2) is 10.2. The number of hydrogen-bond acceptors (Lipinski definition) is 4. The van der Waals surface area contributed by atoms with Crippen molar-refractivity contribution in [2.24, 2.45) is 5.92 Å². The van der Waals surface area contributed by atoms with Crippen molar-refractivity contribution in [1.29, 1.82) is 0 Å². The van der Waals surface area contributed by atoms with Crippen molar-refractivity contribution in [1.82, 2.24) is 4.90 Å². The number of amides is 1.